The van der Waals surface area contributed by atoms with E-state index in [1.54, 1.807) is 6.92 Å². The lowest BCUT2D eigenvalue weighted by molar-refractivity contribution is -0.146. The second-order valence-electron chi connectivity index (χ2n) is 4.38. The van der Waals surface area contributed by atoms with Crippen molar-refractivity contribution in [3.8, 4) is 0 Å². The fourth-order valence-electron chi connectivity index (χ4n) is 1.68. The monoisotopic (exact) mass is 246 g/mol. The van der Waals surface area contributed by atoms with Crippen LogP contribution in [0.4, 0.5) is 0 Å². The first-order valence-electron chi connectivity index (χ1n) is 6.19. The first-order chi connectivity index (χ1) is 8.00. The minimum Gasteiger partial charge on any atom is -0.480 e. The van der Waals surface area contributed by atoms with E-state index in [4.69, 9.17) is 9.84 Å². The van der Waals surface area contributed by atoms with E-state index >= 15 is 0 Å². The lowest BCUT2D eigenvalue weighted by Gasteiger charge is -2.26. The van der Waals surface area contributed by atoms with E-state index in [0.717, 1.165) is 26.1 Å². The van der Waals surface area contributed by atoms with Crippen molar-refractivity contribution in [2.45, 2.75) is 32.7 Å². The quantitative estimate of drug-likeness (QED) is 0.558. The zero-order chi connectivity index (χ0) is 13.3. The molecule has 5 heteroatoms. The molecule has 1 unspecified atom stereocenters. The summed E-state index contributed by atoms with van der Waals surface area (Å²) >= 11 is 0. The topological polar surface area (TPSA) is 61.8 Å². The lowest BCUT2D eigenvalue weighted by Crippen LogP contribution is -2.53. The largest absolute Gasteiger partial charge is 0.480 e. The average Bonchev–Trinajstić information content (AvgIpc) is 2.29. The number of hydrogen-bond acceptors (Lipinski definition) is 4. The van der Waals surface area contributed by atoms with Crippen molar-refractivity contribution in [2.24, 2.45) is 0 Å². The molecule has 17 heavy (non-hydrogen) atoms. The number of hydrogen-bond donors (Lipinski definition) is 2. The molecule has 0 aromatic carbocycles. The number of carboxylic acid groups (broad SMARTS) is 1. The Morgan fingerprint density at radius 2 is 2.00 bits per heavy atom. The number of carboxylic acids is 1. The van der Waals surface area contributed by atoms with Gasteiger partial charge < -0.3 is 20.1 Å². The Morgan fingerprint density at radius 3 is 2.41 bits per heavy atom. The van der Waals surface area contributed by atoms with Gasteiger partial charge in [-0.2, -0.15) is 0 Å². The SMILES string of the molecule is CCN(CC)CCCNC(C)(COC)C(=O)O. The van der Waals surface area contributed by atoms with Crippen LogP contribution in [0.25, 0.3) is 0 Å². The summed E-state index contributed by atoms with van der Waals surface area (Å²) in [4.78, 5) is 13.4. The van der Waals surface area contributed by atoms with Crippen LogP contribution in [0.5, 0.6) is 0 Å². The molecule has 0 heterocycles. The zero-order valence-corrected chi connectivity index (χ0v) is 11.5. The van der Waals surface area contributed by atoms with E-state index in [1.807, 2.05) is 0 Å². The van der Waals surface area contributed by atoms with Crippen molar-refractivity contribution < 1.29 is 14.6 Å². The van der Waals surface area contributed by atoms with Gasteiger partial charge in [0.05, 0.1) is 6.61 Å². The van der Waals surface area contributed by atoms with Crippen LogP contribution in [-0.2, 0) is 9.53 Å². The maximum atomic E-state index is 11.1. The van der Waals surface area contributed by atoms with Crippen LogP contribution in [0.2, 0.25) is 0 Å². The molecule has 0 saturated heterocycles. The Bertz CT molecular complexity index is 220. The molecular weight excluding hydrogens is 220 g/mol. The van der Waals surface area contributed by atoms with Gasteiger partial charge in [0, 0.05) is 7.11 Å². The Kier molecular flexibility index (Phi) is 8.12. The third-order valence-corrected chi connectivity index (χ3v) is 2.97. The molecule has 0 fully saturated rings. The van der Waals surface area contributed by atoms with Crippen molar-refractivity contribution in [1.82, 2.24) is 10.2 Å². The molecule has 0 radical (unpaired) electrons. The Labute approximate surface area is 104 Å². The smallest absolute Gasteiger partial charge is 0.326 e. The number of ether oxygens (including phenoxy) is 1. The van der Waals surface area contributed by atoms with Crippen LogP contribution in [0.15, 0.2) is 0 Å². The highest BCUT2D eigenvalue weighted by Crippen LogP contribution is 2.04. The van der Waals surface area contributed by atoms with E-state index < -0.39 is 11.5 Å². The third-order valence-electron chi connectivity index (χ3n) is 2.97. The van der Waals surface area contributed by atoms with Crippen molar-refractivity contribution in [1.29, 1.82) is 0 Å². The van der Waals surface area contributed by atoms with Gasteiger partial charge >= 0.3 is 5.97 Å². The molecule has 0 amide bonds. The fourth-order valence-corrected chi connectivity index (χ4v) is 1.68. The second kappa shape index (κ2) is 8.44. The average molecular weight is 246 g/mol. The molecule has 0 aromatic heterocycles. The van der Waals surface area contributed by atoms with E-state index in [0.29, 0.717) is 6.54 Å². The number of nitrogens with one attached hydrogen (secondary N) is 1. The molecule has 0 rings (SSSR count). The highest BCUT2D eigenvalue weighted by atomic mass is 16.5. The van der Waals surface area contributed by atoms with Gasteiger partial charge in [-0.05, 0) is 39.5 Å². The van der Waals surface area contributed by atoms with Crippen molar-refractivity contribution in [3.63, 3.8) is 0 Å². The van der Waals surface area contributed by atoms with Gasteiger partial charge in [-0.1, -0.05) is 13.8 Å². The summed E-state index contributed by atoms with van der Waals surface area (Å²) in [6.07, 6.45) is 0.939. The molecule has 0 aliphatic heterocycles. The van der Waals surface area contributed by atoms with Crippen LogP contribution in [-0.4, -0.2) is 61.4 Å². The molecule has 0 saturated carbocycles. The van der Waals surface area contributed by atoms with Gasteiger partial charge in [0.15, 0.2) is 0 Å². The molecule has 0 aliphatic carbocycles. The minimum atomic E-state index is -0.988. The number of methoxy groups -OCH3 is 1. The van der Waals surface area contributed by atoms with Crippen LogP contribution < -0.4 is 5.32 Å². The van der Waals surface area contributed by atoms with Gasteiger partial charge in [-0.25, -0.2) is 0 Å². The maximum absolute atomic E-state index is 11.1. The third kappa shape index (κ3) is 6.00. The highest BCUT2D eigenvalue weighted by molar-refractivity contribution is 5.78. The molecule has 5 nitrogen and oxygen atoms in total. The Hall–Kier alpha value is -0.650. The van der Waals surface area contributed by atoms with E-state index in [9.17, 15) is 4.79 Å². The summed E-state index contributed by atoms with van der Waals surface area (Å²) in [6.45, 7) is 9.82. The molecule has 0 aliphatic rings. The van der Waals surface area contributed by atoms with Gasteiger partial charge in [0.2, 0.25) is 0 Å². The highest BCUT2D eigenvalue weighted by Gasteiger charge is 2.32. The van der Waals surface area contributed by atoms with Crippen LogP contribution in [0.3, 0.4) is 0 Å². The first kappa shape index (κ1) is 16.4. The Morgan fingerprint density at radius 1 is 1.41 bits per heavy atom. The number of aliphatic carboxylic acids is 1. The van der Waals surface area contributed by atoms with Gasteiger partial charge in [-0.3, -0.25) is 4.79 Å². The van der Waals surface area contributed by atoms with Crippen LogP contribution in [0, 0.1) is 0 Å². The predicted molar refractivity (Wildman–Crippen MR) is 68.3 cm³/mol. The minimum absolute atomic E-state index is 0.174. The fraction of sp³-hybridized carbons (Fsp3) is 0.917. The van der Waals surface area contributed by atoms with Crippen LogP contribution in [0.1, 0.15) is 27.2 Å². The van der Waals surface area contributed by atoms with E-state index in [1.165, 1.54) is 7.11 Å². The van der Waals surface area contributed by atoms with Crippen molar-refractivity contribution >= 4 is 5.97 Å². The second-order valence-corrected chi connectivity index (χ2v) is 4.38. The zero-order valence-electron chi connectivity index (χ0n) is 11.5. The molecule has 0 aromatic rings. The first-order valence-corrected chi connectivity index (χ1v) is 6.19. The normalized spacial score (nSPS) is 14.9. The summed E-state index contributed by atoms with van der Waals surface area (Å²) in [5.74, 6) is -0.873. The number of carbonyl (C=O) groups is 1. The summed E-state index contributed by atoms with van der Waals surface area (Å²) < 4.78 is 4.94. The lowest BCUT2D eigenvalue weighted by atomic mass is 10.0. The molecule has 0 bridgehead atoms. The van der Waals surface area contributed by atoms with Gasteiger partial charge in [0.25, 0.3) is 0 Å². The standard InChI is InChI=1S/C12H26N2O3/c1-5-14(6-2)9-7-8-13-12(3,10-17-4)11(15)16/h13H,5-10H2,1-4H3,(H,15,16). The molecule has 1 atom stereocenters. The Balaban J connectivity index is 3.95. The maximum Gasteiger partial charge on any atom is 0.326 e. The number of rotatable bonds is 10. The van der Waals surface area contributed by atoms with E-state index in [2.05, 4.69) is 24.1 Å². The van der Waals surface area contributed by atoms with Crippen molar-refractivity contribution in [3.05, 3.63) is 0 Å². The van der Waals surface area contributed by atoms with Gasteiger partial charge in [0.1, 0.15) is 5.54 Å². The molecule has 0 spiro atoms. The number of nitrogens with zero attached hydrogens (tertiary/aromatic N) is 1. The summed E-state index contributed by atoms with van der Waals surface area (Å²) in [7, 11) is 1.51. The van der Waals surface area contributed by atoms with Gasteiger partial charge in [-0.15, -0.1) is 0 Å². The predicted octanol–water partition coefficient (Wildman–Crippen LogP) is 0.798. The van der Waals surface area contributed by atoms with E-state index in [-0.39, 0.29) is 6.61 Å². The summed E-state index contributed by atoms with van der Waals surface area (Å²) in [5, 5.41) is 12.2. The van der Waals surface area contributed by atoms with Crippen LogP contribution >= 0.6 is 0 Å². The van der Waals surface area contributed by atoms with Crippen molar-refractivity contribution in [2.75, 3.05) is 39.9 Å². The molecule has 102 valence electrons. The summed E-state index contributed by atoms with van der Waals surface area (Å²) in [5.41, 5.74) is -0.988. The molecule has 2 N–H and O–H groups in total. The summed E-state index contributed by atoms with van der Waals surface area (Å²) in [6, 6.07) is 0. The molecular formula is C12H26N2O3.